The maximum atomic E-state index is 13.6. The number of ether oxygens (including phenoxy) is 1. The molecule has 2 fully saturated rings. The van der Waals surface area contributed by atoms with E-state index in [1.807, 2.05) is 18.2 Å². The number of hydrogen-bond acceptors (Lipinski definition) is 4. The molecule has 5 nitrogen and oxygen atoms in total. The van der Waals surface area contributed by atoms with Gasteiger partial charge in [0.05, 0.1) is 13.2 Å². The zero-order chi connectivity index (χ0) is 20.8. The van der Waals surface area contributed by atoms with Crippen molar-refractivity contribution in [2.24, 2.45) is 0 Å². The zero-order valence-electron chi connectivity index (χ0n) is 18.0. The number of carbonyl (C=O) groups is 1. The summed E-state index contributed by atoms with van der Waals surface area (Å²) in [6, 6.07) is 18.5. The van der Waals surface area contributed by atoms with E-state index in [1.54, 1.807) is 0 Å². The van der Waals surface area contributed by atoms with Gasteiger partial charge in [0, 0.05) is 38.4 Å². The van der Waals surface area contributed by atoms with Gasteiger partial charge in [-0.25, -0.2) is 0 Å². The first kappa shape index (κ1) is 20.9. The summed E-state index contributed by atoms with van der Waals surface area (Å²) in [5, 5.41) is 0. The Hall–Kier alpha value is -2.37. The van der Waals surface area contributed by atoms with Crippen LogP contribution in [-0.4, -0.2) is 62.1 Å². The summed E-state index contributed by atoms with van der Waals surface area (Å²) in [7, 11) is 2.08. The maximum absolute atomic E-state index is 13.6. The molecular formula is C25H33N3O2. The molecule has 2 aromatic rings. The van der Waals surface area contributed by atoms with Crippen LogP contribution in [0.4, 0.5) is 5.69 Å². The summed E-state index contributed by atoms with van der Waals surface area (Å²) >= 11 is 0. The van der Waals surface area contributed by atoms with E-state index in [0.29, 0.717) is 0 Å². The van der Waals surface area contributed by atoms with Gasteiger partial charge in [-0.05, 0) is 43.5 Å². The van der Waals surface area contributed by atoms with Gasteiger partial charge in [0.15, 0.2) is 0 Å². The Morgan fingerprint density at radius 3 is 2.33 bits per heavy atom. The van der Waals surface area contributed by atoms with Crippen molar-refractivity contribution in [3.05, 3.63) is 65.7 Å². The van der Waals surface area contributed by atoms with Crippen LogP contribution in [0.3, 0.4) is 0 Å². The molecule has 2 saturated heterocycles. The Balaban J connectivity index is 1.58. The number of para-hydroxylation sites is 1. The second-order valence-electron chi connectivity index (χ2n) is 8.34. The number of likely N-dealkylation sites (N-methyl/N-ethyl adjacent to an activating group) is 1. The number of likely N-dealkylation sites (tertiary alicyclic amines) is 1. The van der Waals surface area contributed by atoms with Gasteiger partial charge in [-0.1, -0.05) is 48.5 Å². The Morgan fingerprint density at radius 1 is 0.933 bits per heavy atom. The quantitative estimate of drug-likeness (QED) is 0.731. The second kappa shape index (κ2) is 10.1. The van der Waals surface area contributed by atoms with Crippen LogP contribution in [0.15, 0.2) is 54.6 Å². The van der Waals surface area contributed by atoms with Crippen molar-refractivity contribution in [3.8, 4) is 0 Å². The summed E-state index contributed by atoms with van der Waals surface area (Å²) in [5.74, 6) is 0.229. The zero-order valence-corrected chi connectivity index (χ0v) is 18.0. The molecule has 0 N–H and O–H groups in total. The normalized spacial score (nSPS) is 18.5. The summed E-state index contributed by atoms with van der Waals surface area (Å²) < 4.78 is 5.53. The number of morpholine rings is 1. The van der Waals surface area contributed by atoms with E-state index in [1.165, 1.54) is 17.7 Å². The highest BCUT2D eigenvalue weighted by molar-refractivity contribution is 5.83. The first-order valence-electron chi connectivity index (χ1n) is 11.2. The number of benzene rings is 2. The Bertz CT molecular complexity index is 814. The molecule has 2 aliphatic rings. The maximum Gasteiger partial charge on any atom is 0.244 e. The number of carbonyl (C=O) groups excluding carboxylic acids is 1. The van der Waals surface area contributed by atoms with Crippen LogP contribution in [0.25, 0.3) is 0 Å². The van der Waals surface area contributed by atoms with Gasteiger partial charge in [-0.15, -0.1) is 0 Å². The number of rotatable bonds is 6. The SMILES string of the molecule is CN(Cc1ccccc1N1CCOCC1)[C@H](C(=O)N1CCCCC1)c1ccccc1. The van der Waals surface area contributed by atoms with E-state index in [9.17, 15) is 4.79 Å². The lowest BCUT2D eigenvalue weighted by Crippen LogP contribution is -2.44. The third-order valence-corrected chi connectivity index (χ3v) is 6.22. The molecule has 0 bridgehead atoms. The highest BCUT2D eigenvalue weighted by atomic mass is 16.5. The fraction of sp³-hybridized carbons (Fsp3) is 0.480. The highest BCUT2D eigenvalue weighted by Crippen LogP contribution is 2.29. The molecule has 30 heavy (non-hydrogen) atoms. The Kier molecular flexibility index (Phi) is 7.03. The van der Waals surface area contributed by atoms with E-state index in [4.69, 9.17) is 4.74 Å². The van der Waals surface area contributed by atoms with Gasteiger partial charge in [-0.2, -0.15) is 0 Å². The van der Waals surface area contributed by atoms with Gasteiger partial charge >= 0.3 is 0 Å². The van der Waals surface area contributed by atoms with Crippen LogP contribution in [0.2, 0.25) is 0 Å². The van der Waals surface area contributed by atoms with E-state index in [0.717, 1.165) is 64.3 Å². The summed E-state index contributed by atoms with van der Waals surface area (Å²) in [6.45, 7) is 5.84. The summed E-state index contributed by atoms with van der Waals surface area (Å²) in [4.78, 5) is 20.2. The molecule has 4 rings (SSSR count). The third kappa shape index (κ3) is 4.85. The molecular weight excluding hydrogens is 374 g/mol. The molecule has 0 unspecified atom stereocenters. The second-order valence-corrected chi connectivity index (χ2v) is 8.34. The van der Waals surface area contributed by atoms with Crippen LogP contribution in [0.5, 0.6) is 0 Å². The van der Waals surface area contributed by atoms with Crippen molar-refractivity contribution >= 4 is 11.6 Å². The van der Waals surface area contributed by atoms with Gasteiger partial charge in [0.1, 0.15) is 6.04 Å². The average molecular weight is 408 g/mol. The number of piperidine rings is 1. The smallest absolute Gasteiger partial charge is 0.244 e. The minimum absolute atomic E-state index is 0.229. The molecule has 0 aromatic heterocycles. The van der Waals surface area contributed by atoms with Crippen molar-refractivity contribution in [1.29, 1.82) is 0 Å². The number of hydrogen-bond donors (Lipinski definition) is 0. The Labute approximate surface area is 180 Å². The highest BCUT2D eigenvalue weighted by Gasteiger charge is 2.30. The monoisotopic (exact) mass is 407 g/mol. The number of anilines is 1. The molecule has 0 saturated carbocycles. The van der Waals surface area contributed by atoms with Crippen molar-refractivity contribution < 1.29 is 9.53 Å². The van der Waals surface area contributed by atoms with Crippen LogP contribution < -0.4 is 4.90 Å². The molecule has 1 amide bonds. The average Bonchev–Trinajstić information content (AvgIpc) is 2.81. The minimum atomic E-state index is -0.262. The minimum Gasteiger partial charge on any atom is -0.378 e. The van der Waals surface area contributed by atoms with Gasteiger partial charge < -0.3 is 14.5 Å². The van der Waals surface area contributed by atoms with Crippen LogP contribution in [-0.2, 0) is 16.1 Å². The predicted octanol–water partition coefficient (Wildman–Crippen LogP) is 3.71. The fourth-order valence-corrected chi connectivity index (χ4v) is 4.63. The lowest BCUT2D eigenvalue weighted by atomic mass is 10.0. The molecule has 2 aromatic carbocycles. The van der Waals surface area contributed by atoms with Gasteiger partial charge in [-0.3, -0.25) is 9.69 Å². The molecule has 2 aliphatic heterocycles. The number of nitrogens with zero attached hydrogens (tertiary/aromatic N) is 3. The van der Waals surface area contributed by atoms with Crippen molar-refractivity contribution in [3.63, 3.8) is 0 Å². The van der Waals surface area contributed by atoms with Gasteiger partial charge in [0.2, 0.25) is 5.91 Å². The van der Waals surface area contributed by atoms with Gasteiger partial charge in [0.25, 0.3) is 0 Å². The van der Waals surface area contributed by atoms with E-state index in [2.05, 4.69) is 58.1 Å². The lowest BCUT2D eigenvalue weighted by Gasteiger charge is -2.36. The summed E-state index contributed by atoms with van der Waals surface area (Å²) in [6.07, 6.45) is 3.44. The largest absolute Gasteiger partial charge is 0.378 e. The number of amides is 1. The Morgan fingerprint density at radius 2 is 1.60 bits per heavy atom. The third-order valence-electron chi connectivity index (χ3n) is 6.22. The molecule has 1 atom stereocenters. The van der Waals surface area contributed by atoms with Crippen LogP contribution >= 0.6 is 0 Å². The van der Waals surface area contributed by atoms with E-state index in [-0.39, 0.29) is 11.9 Å². The topological polar surface area (TPSA) is 36.0 Å². The molecule has 0 spiro atoms. The standard InChI is InChI=1S/C25H33N3O2/c1-26(20-22-12-6-7-13-23(22)27-16-18-30-19-17-27)24(21-10-4-2-5-11-21)25(29)28-14-8-3-9-15-28/h2,4-7,10-13,24H,3,8-9,14-20H2,1H3/t24-/m0/s1. The van der Waals surface area contributed by atoms with E-state index < -0.39 is 0 Å². The first-order valence-corrected chi connectivity index (χ1v) is 11.2. The van der Waals surface area contributed by atoms with Crippen molar-refractivity contribution in [1.82, 2.24) is 9.80 Å². The first-order chi connectivity index (χ1) is 14.7. The van der Waals surface area contributed by atoms with Crippen molar-refractivity contribution in [2.75, 3.05) is 51.3 Å². The van der Waals surface area contributed by atoms with Crippen LogP contribution in [0, 0.1) is 0 Å². The molecule has 5 heteroatoms. The molecule has 160 valence electrons. The molecule has 0 radical (unpaired) electrons. The predicted molar refractivity (Wildman–Crippen MR) is 121 cm³/mol. The van der Waals surface area contributed by atoms with E-state index >= 15 is 0 Å². The lowest BCUT2D eigenvalue weighted by molar-refractivity contribution is -0.138. The molecule has 0 aliphatic carbocycles. The molecule has 2 heterocycles. The van der Waals surface area contributed by atoms with Crippen molar-refractivity contribution in [2.45, 2.75) is 31.8 Å². The fourth-order valence-electron chi connectivity index (χ4n) is 4.63. The van der Waals surface area contributed by atoms with Crippen LogP contribution in [0.1, 0.15) is 36.4 Å². The summed E-state index contributed by atoms with van der Waals surface area (Å²) in [5.41, 5.74) is 3.58.